The molecule has 0 radical (unpaired) electrons. The minimum atomic E-state index is -3.79. The van der Waals surface area contributed by atoms with Gasteiger partial charge in [-0.15, -0.1) is 0 Å². The van der Waals surface area contributed by atoms with E-state index >= 15 is 0 Å². The Balaban J connectivity index is 1.57. The third-order valence-electron chi connectivity index (χ3n) is 5.29. The highest BCUT2D eigenvalue weighted by atomic mass is 32.2. The number of carbonyl (C=O) groups is 1. The summed E-state index contributed by atoms with van der Waals surface area (Å²) in [4.78, 5) is 14.8. The van der Waals surface area contributed by atoms with Gasteiger partial charge in [-0.2, -0.15) is 5.26 Å². The molecule has 0 atom stereocenters. The number of nitrogens with one attached hydrogen (secondary N) is 2. The van der Waals surface area contributed by atoms with Crippen LogP contribution in [-0.2, 0) is 23.0 Å². The van der Waals surface area contributed by atoms with Crippen molar-refractivity contribution in [3.8, 4) is 6.07 Å². The minimum absolute atomic E-state index is 0.158. The number of nitriles is 1. The lowest BCUT2D eigenvalue weighted by Gasteiger charge is -2.31. The summed E-state index contributed by atoms with van der Waals surface area (Å²) < 4.78 is 28.4. The third-order valence-corrected chi connectivity index (χ3v) is 6.67. The van der Waals surface area contributed by atoms with E-state index in [0.29, 0.717) is 30.0 Å². The molecule has 0 bridgehead atoms. The van der Waals surface area contributed by atoms with Crippen LogP contribution >= 0.6 is 0 Å². The fourth-order valence-corrected chi connectivity index (χ4v) is 4.80. The van der Waals surface area contributed by atoms with Gasteiger partial charge in [0.25, 0.3) is 10.0 Å². The van der Waals surface area contributed by atoms with Gasteiger partial charge in [0.2, 0.25) is 0 Å². The lowest BCUT2D eigenvalue weighted by atomic mass is 10.0. The predicted molar refractivity (Wildman–Crippen MR) is 123 cm³/mol. The molecular weight excluding hydrogens is 424 g/mol. The minimum Gasteiger partial charge on any atom is -0.334 e. The maximum atomic E-state index is 13.0. The Bertz CT molecular complexity index is 1270. The molecule has 3 aromatic rings. The predicted octanol–water partition coefficient (Wildman–Crippen LogP) is 4.02. The van der Waals surface area contributed by atoms with Crippen molar-refractivity contribution in [2.45, 2.75) is 24.3 Å². The molecule has 0 spiro atoms. The summed E-state index contributed by atoms with van der Waals surface area (Å²) in [5.41, 5.74) is 3.29. The highest BCUT2D eigenvalue weighted by molar-refractivity contribution is 7.92. The molecule has 1 aliphatic heterocycles. The van der Waals surface area contributed by atoms with Gasteiger partial charge in [-0.1, -0.05) is 42.5 Å². The van der Waals surface area contributed by atoms with Crippen LogP contribution < -0.4 is 14.9 Å². The number of anilines is 2. The van der Waals surface area contributed by atoms with Crippen LogP contribution in [0, 0.1) is 11.3 Å². The van der Waals surface area contributed by atoms with Gasteiger partial charge >= 0.3 is 6.03 Å². The largest absolute Gasteiger partial charge is 0.334 e. The van der Waals surface area contributed by atoms with E-state index in [0.717, 1.165) is 24.0 Å². The summed E-state index contributed by atoms with van der Waals surface area (Å²) in [7, 11) is -3.79. The summed E-state index contributed by atoms with van der Waals surface area (Å²) >= 11 is 0. The van der Waals surface area contributed by atoms with E-state index in [1.165, 1.54) is 12.1 Å². The molecule has 0 saturated carbocycles. The van der Waals surface area contributed by atoms with Crippen molar-refractivity contribution in [2.24, 2.45) is 0 Å². The first kappa shape index (κ1) is 21.4. The van der Waals surface area contributed by atoms with Gasteiger partial charge in [-0.3, -0.25) is 9.62 Å². The quantitative estimate of drug-likeness (QED) is 0.618. The van der Waals surface area contributed by atoms with E-state index in [9.17, 15) is 13.2 Å². The molecule has 0 unspecified atom stereocenters. The van der Waals surface area contributed by atoms with Gasteiger partial charge in [-0.25, -0.2) is 13.2 Å². The Kier molecular flexibility index (Phi) is 6.10. The SMILES string of the molecule is N#Cc1ccc(CNC(=O)N2CCCc3cccc(NS(=O)(=O)c4ccccc4)c32)cc1. The normalized spacial score (nSPS) is 13.0. The monoisotopic (exact) mass is 446 g/mol. The Labute approximate surface area is 187 Å². The summed E-state index contributed by atoms with van der Waals surface area (Å²) in [6, 6.07) is 22.3. The maximum Gasteiger partial charge on any atom is 0.322 e. The maximum absolute atomic E-state index is 13.0. The molecule has 0 fully saturated rings. The molecule has 4 rings (SSSR count). The number of benzene rings is 3. The van der Waals surface area contributed by atoms with Gasteiger partial charge in [0.1, 0.15) is 0 Å². The zero-order valence-corrected chi connectivity index (χ0v) is 18.1. The van der Waals surface area contributed by atoms with Gasteiger partial charge < -0.3 is 5.32 Å². The van der Waals surface area contributed by atoms with E-state index in [1.54, 1.807) is 59.5 Å². The van der Waals surface area contributed by atoms with Gasteiger partial charge in [-0.05, 0) is 54.3 Å². The van der Waals surface area contributed by atoms with E-state index in [4.69, 9.17) is 5.26 Å². The number of nitrogens with zero attached hydrogens (tertiary/aromatic N) is 2. The first-order valence-corrected chi connectivity index (χ1v) is 11.7. The smallest absolute Gasteiger partial charge is 0.322 e. The topological polar surface area (TPSA) is 102 Å². The number of rotatable bonds is 5. The third kappa shape index (κ3) is 4.58. The molecular formula is C24H22N4O3S. The van der Waals surface area contributed by atoms with Crippen LogP contribution in [0.5, 0.6) is 0 Å². The van der Waals surface area contributed by atoms with Crippen molar-refractivity contribution in [1.29, 1.82) is 5.26 Å². The van der Waals surface area contributed by atoms with Crippen LogP contribution in [0.15, 0.2) is 77.7 Å². The van der Waals surface area contributed by atoms with Gasteiger partial charge in [0, 0.05) is 13.1 Å². The molecule has 162 valence electrons. The summed E-state index contributed by atoms with van der Waals surface area (Å²) in [6.45, 7) is 0.782. The molecule has 1 aliphatic rings. The molecule has 32 heavy (non-hydrogen) atoms. The van der Waals surface area contributed by atoms with Gasteiger partial charge in [0.05, 0.1) is 27.9 Å². The van der Waals surface area contributed by atoms with Gasteiger partial charge in [0.15, 0.2) is 0 Å². The molecule has 0 aromatic heterocycles. The second-order valence-electron chi connectivity index (χ2n) is 7.45. The molecule has 7 nitrogen and oxygen atoms in total. The number of fused-ring (bicyclic) bond motifs is 1. The number of amides is 2. The summed E-state index contributed by atoms with van der Waals surface area (Å²) in [5, 5.41) is 11.8. The fourth-order valence-electron chi connectivity index (χ4n) is 3.71. The Morgan fingerprint density at radius 1 is 1.00 bits per heavy atom. The first-order chi connectivity index (χ1) is 15.5. The number of aryl methyl sites for hydroxylation is 1. The van der Waals surface area contributed by atoms with Crippen molar-refractivity contribution < 1.29 is 13.2 Å². The zero-order chi connectivity index (χ0) is 22.6. The van der Waals surface area contributed by atoms with E-state index in [2.05, 4.69) is 16.1 Å². The fraction of sp³-hybridized carbons (Fsp3) is 0.167. The lowest BCUT2D eigenvalue weighted by Crippen LogP contribution is -2.43. The Morgan fingerprint density at radius 2 is 1.75 bits per heavy atom. The Hall–Kier alpha value is -3.83. The second kappa shape index (κ2) is 9.12. The van der Waals surface area contributed by atoms with E-state index in [1.807, 2.05) is 6.07 Å². The second-order valence-corrected chi connectivity index (χ2v) is 9.14. The average molecular weight is 447 g/mol. The molecule has 0 saturated heterocycles. The van der Waals surface area contributed by atoms with Crippen molar-refractivity contribution in [3.63, 3.8) is 0 Å². The highest BCUT2D eigenvalue weighted by Crippen LogP contribution is 2.36. The van der Waals surface area contributed by atoms with Crippen molar-refractivity contribution >= 4 is 27.4 Å². The van der Waals surface area contributed by atoms with Crippen LogP contribution in [0.2, 0.25) is 0 Å². The van der Waals surface area contributed by atoms with Crippen LogP contribution in [-0.4, -0.2) is 21.0 Å². The van der Waals surface area contributed by atoms with Crippen molar-refractivity contribution in [3.05, 3.63) is 89.5 Å². The number of hydrogen-bond donors (Lipinski definition) is 2. The van der Waals surface area contributed by atoms with Crippen LogP contribution in [0.25, 0.3) is 0 Å². The first-order valence-electron chi connectivity index (χ1n) is 10.2. The number of sulfonamides is 1. The number of hydrogen-bond acceptors (Lipinski definition) is 4. The van der Waals surface area contributed by atoms with E-state index in [-0.39, 0.29) is 10.9 Å². The lowest BCUT2D eigenvalue weighted by molar-refractivity contribution is 0.245. The molecule has 1 heterocycles. The molecule has 3 aromatic carbocycles. The van der Waals surface area contributed by atoms with Crippen LogP contribution in [0.3, 0.4) is 0 Å². The standard InChI is InChI=1S/C24H22N4O3S/c25-16-18-11-13-19(14-12-18)17-26-24(29)28-15-5-7-20-6-4-10-22(23(20)28)27-32(30,31)21-8-2-1-3-9-21/h1-4,6,8-14,27H,5,7,15,17H2,(H,26,29). The van der Waals surface area contributed by atoms with Crippen molar-refractivity contribution in [1.82, 2.24) is 5.32 Å². The molecule has 2 amide bonds. The number of para-hydroxylation sites is 1. The van der Waals surface area contributed by atoms with Crippen molar-refractivity contribution in [2.75, 3.05) is 16.2 Å². The molecule has 0 aliphatic carbocycles. The average Bonchev–Trinajstić information content (AvgIpc) is 2.83. The number of urea groups is 1. The Morgan fingerprint density at radius 3 is 2.47 bits per heavy atom. The summed E-state index contributed by atoms with van der Waals surface area (Å²) in [5.74, 6) is 0. The number of carbonyl (C=O) groups excluding carboxylic acids is 1. The molecule has 8 heteroatoms. The van der Waals surface area contributed by atoms with Crippen LogP contribution in [0.1, 0.15) is 23.1 Å². The van der Waals surface area contributed by atoms with Crippen LogP contribution in [0.4, 0.5) is 16.2 Å². The summed E-state index contributed by atoms with van der Waals surface area (Å²) in [6.07, 6.45) is 1.54. The van der Waals surface area contributed by atoms with E-state index < -0.39 is 10.0 Å². The zero-order valence-electron chi connectivity index (χ0n) is 17.3. The highest BCUT2D eigenvalue weighted by Gasteiger charge is 2.27. The molecule has 2 N–H and O–H groups in total.